The number of rotatable bonds is 0. The fourth-order valence-electron chi connectivity index (χ4n) is 1.37. The maximum absolute atomic E-state index is 12.4. The van der Waals surface area contributed by atoms with E-state index >= 15 is 0 Å². The number of nitrogens with zero attached hydrogens (tertiary/aromatic N) is 3. The molecule has 0 bridgehead atoms. The van der Waals surface area contributed by atoms with Crippen molar-refractivity contribution in [3.8, 4) is 0 Å². The predicted molar refractivity (Wildman–Crippen MR) is 49.2 cm³/mol. The van der Waals surface area contributed by atoms with E-state index in [1.54, 1.807) is 0 Å². The van der Waals surface area contributed by atoms with Gasteiger partial charge in [-0.15, -0.1) is 5.10 Å². The molecular weight excluding hydrogens is 280 g/mol. The molecule has 0 saturated carbocycles. The van der Waals surface area contributed by atoms with E-state index in [1.165, 1.54) is 0 Å². The number of fused-ring (bicyclic) bond motifs is 1. The molecule has 4 nitrogen and oxygen atoms in total. The van der Waals surface area contributed by atoms with Crippen LogP contribution in [0.4, 0.5) is 26.3 Å². The molecule has 0 saturated heterocycles. The van der Waals surface area contributed by atoms with Crippen LogP contribution in [0.3, 0.4) is 0 Å². The topological polar surface area (TPSA) is 47.8 Å². The summed E-state index contributed by atoms with van der Waals surface area (Å²) in [4.78, 5) is 11.0. The number of alkyl halides is 6. The van der Waals surface area contributed by atoms with Crippen LogP contribution >= 0.6 is 0 Å². The Bertz CT molecular complexity index is 641. The second-order valence-corrected chi connectivity index (χ2v) is 3.51. The number of hydrogen-bond acceptors (Lipinski definition) is 3. The highest BCUT2D eigenvalue weighted by atomic mass is 19.4. The molecule has 0 aliphatic carbocycles. The fraction of sp³-hybridized carbons (Fsp3) is 0.222. The molecule has 2 aromatic rings. The molecule has 1 aromatic carbocycles. The van der Waals surface area contributed by atoms with Crippen LogP contribution in [0.1, 0.15) is 10.4 Å². The summed E-state index contributed by atoms with van der Waals surface area (Å²) in [6.07, 6.45) is -10.0. The monoisotopic (exact) mass is 283 g/mol. The Kier molecular flexibility index (Phi) is 2.75. The van der Waals surface area contributed by atoms with Gasteiger partial charge < -0.3 is 0 Å². The first-order valence-electron chi connectivity index (χ1n) is 4.65. The summed E-state index contributed by atoms with van der Waals surface area (Å²) < 4.78 is 73.7. The first kappa shape index (κ1) is 13.3. The van der Waals surface area contributed by atoms with Gasteiger partial charge in [-0.25, -0.2) is 0 Å². The maximum Gasteiger partial charge on any atom is 0.473 e. The van der Waals surface area contributed by atoms with Gasteiger partial charge in [-0.3, -0.25) is 4.79 Å². The van der Waals surface area contributed by atoms with Gasteiger partial charge >= 0.3 is 18.3 Å². The second kappa shape index (κ2) is 3.93. The average Bonchev–Trinajstić information content (AvgIpc) is 2.67. The van der Waals surface area contributed by atoms with Gasteiger partial charge in [0.1, 0.15) is 5.52 Å². The summed E-state index contributed by atoms with van der Waals surface area (Å²) in [5, 5.41) is 6.12. The smallest absolute Gasteiger partial charge is 0.262 e. The highest BCUT2D eigenvalue weighted by Crippen LogP contribution is 2.31. The number of aromatic nitrogens is 3. The van der Waals surface area contributed by atoms with Gasteiger partial charge in [-0.2, -0.15) is 31.0 Å². The number of halogens is 6. The van der Waals surface area contributed by atoms with Gasteiger partial charge in [0.25, 0.3) is 0 Å². The third-order valence-electron chi connectivity index (χ3n) is 2.21. The van der Waals surface area contributed by atoms with Crippen LogP contribution < -0.4 is 0 Å². The second-order valence-electron chi connectivity index (χ2n) is 3.51. The molecule has 19 heavy (non-hydrogen) atoms. The van der Waals surface area contributed by atoms with E-state index in [2.05, 4.69) is 10.3 Å². The largest absolute Gasteiger partial charge is 0.473 e. The molecule has 0 radical (unpaired) electrons. The molecule has 2 rings (SSSR count). The molecular formula is C9H3F6N3O. The lowest BCUT2D eigenvalue weighted by molar-refractivity contribution is -0.137. The zero-order valence-corrected chi connectivity index (χ0v) is 8.75. The summed E-state index contributed by atoms with van der Waals surface area (Å²) in [6, 6.07) is 1.86. The summed E-state index contributed by atoms with van der Waals surface area (Å²) in [6.45, 7) is 0. The van der Waals surface area contributed by atoms with Crippen molar-refractivity contribution in [2.24, 2.45) is 0 Å². The molecule has 1 aromatic heterocycles. The van der Waals surface area contributed by atoms with Gasteiger partial charge in [-0.05, 0) is 18.2 Å². The lowest BCUT2D eigenvalue weighted by Gasteiger charge is -2.07. The molecule has 0 spiro atoms. The third-order valence-corrected chi connectivity index (χ3v) is 2.21. The molecule has 0 unspecified atom stereocenters. The maximum atomic E-state index is 12.4. The first-order chi connectivity index (χ1) is 8.60. The Hall–Kier alpha value is -2.13. The minimum absolute atomic E-state index is 0.204. The highest BCUT2D eigenvalue weighted by molar-refractivity contribution is 5.92. The van der Waals surface area contributed by atoms with E-state index in [0.717, 1.165) is 6.07 Å². The SMILES string of the molecule is O=C(n1nnc2ccc(C(F)(F)F)cc21)C(F)(F)F. The predicted octanol–water partition coefficient (Wildman–Crippen LogP) is 2.65. The van der Waals surface area contributed by atoms with E-state index in [-0.39, 0.29) is 10.2 Å². The Labute approximate surface area is 100 Å². The molecule has 102 valence electrons. The Morgan fingerprint density at radius 2 is 1.74 bits per heavy atom. The molecule has 0 aliphatic heterocycles. The van der Waals surface area contributed by atoms with Crippen molar-refractivity contribution in [3.05, 3.63) is 23.8 Å². The van der Waals surface area contributed by atoms with Gasteiger partial charge in [0.15, 0.2) is 0 Å². The summed E-state index contributed by atoms with van der Waals surface area (Å²) >= 11 is 0. The van der Waals surface area contributed by atoms with Crippen LogP contribution in [-0.2, 0) is 6.18 Å². The van der Waals surface area contributed by atoms with E-state index in [1.807, 2.05) is 0 Å². The zero-order chi connectivity index (χ0) is 14.4. The van der Waals surface area contributed by atoms with Crippen molar-refractivity contribution < 1.29 is 31.1 Å². The minimum Gasteiger partial charge on any atom is -0.262 e. The van der Waals surface area contributed by atoms with Crippen molar-refractivity contribution >= 4 is 16.9 Å². The highest BCUT2D eigenvalue weighted by Gasteiger charge is 2.42. The minimum atomic E-state index is -5.26. The van der Waals surface area contributed by atoms with Gasteiger partial charge in [0, 0.05) is 0 Å². The van der Waals surface area contributed by atoms with Crippen molar-refractivity contribution in [1.29, 1.82) is 0 Å². The fourth-order valence-corrected chi connectivity index (χ4v) is 1.37. The molecule has 0 amide bonds. The van der Waals surface area contributed by atoms with Crippen LogP contribution in [0.15, 0.2) is 18.2 Å². The van der Waals surface area contributed by atoms with Crippen LogP contribution in [0.2, 0.25) is 0 Å². The number of hydrogen-bond donors (Lipinski definition) is 0. The van der Waals surface area contributed by atoms with Crippen LogP contribution in [0.25, 0.3) is 11.0 Å². The normalized spacial score (nSPS) is 12.9. The molecule has 10 heteroatoms. The number of carbonyl (C=O) groups is 1. The van der Waals surface area contributed by atoms with Crippen molar-refractivity contribution in [2.45, 2.75) is 12.4 Å². The lowest BCUT2D eigenvalue weighted by Crippen LogP contribution is -2.29. The molecule has 0 atom stereocenters. The van der Waals surface area contributed by atoms with E-state index in [9.17, 15) is 31.1 Å². The average molecular weight is 283 g/mol. The quantitative estimate of drug-likeness (QED) is 0.698. The molecule has 0 N–H and O–H groups in total. The van der Waals surface area contributed by atoms with Crippen LogP contribution in [0, 0.1) is 0 Å². The zero-order valence-electron chi connectivity index (χ0n) is 8.75. The van der Waals surface area contributed by atoms with E-state index in [0.29, 0.717) is 12.1 Å². The standard InChI is InChI=1S/C9H3F6N3O/c10-8(11,12)4-1-2-5-6(3-4)18(17-16-5)7(19)9(13,14)15/h1-3H. The molecule has 1 heterocycles. The van der Waals surface area contributed by atoms with Gasteiger partial charge in [-0.1, -0.05) is 5.21 Å². The van der Waals surface area contributed by atoms with Crippen LogP contribution in [-0.4, -0.2) is 27.1 Å². The van der Waals surface area contributed by atoms with E-state index in [4.69, 9.17) is 0 Å². The number of benzene rings is 1. The van der Waals surface area contributed by atoms with Crippen LogP contribution in [0.5, 0.6) is 0 Å². The van der Waals surface area contributed by atoms with Crippen molar-refractivity contribution in [1.82, 2.24) is 15.0 Å². The summed E-state index contributed by atoms with van der Waals surface area (Å²) in [7, 11) is 0. The Balaban J connectivity index is 2.62. The Morgan fingerprint density at radius 3 is 2.26 bits per heavy atom. The summed E-state index contributed by atoms with van der Waals surface area (Å²) in [5.41, 5.74) is -2.10. The third kappa shape index (κ3) is 2.37. The molecule has 0 fully saturated rings. The summed E-state index contributed by atoms with van der Waals surface area (Å²) in [5.74, 6) is -2.41. The molecule has 0 aliphatic rings. The van der Waals surface area contributed by atoms with Crippen molar-refractivity contribution in [2.75, 3.05) is 0 Å². The van der Waals surface area contributed by atoms with Gasteiger partial charge in [0.2, 0.25) is 0 Å². The van der Waals surface area contributed by atoms with Gasteiger partial charge in [0.05, 0.1) is 11.1 Å². The van der Waals surface area contributed by atoms with Crippen molar-refractivity contribution in [3.63, 3.8) is 0 Å². The Morgan fingerprint density at radius 1 is 1.11 bits per heavy atom. The van der Waals surface area contributed by atoms with E-state index < -0.39 is 29.3 Å². The lowest BCUT2D eigenvalue weighted by atomic mass is 10.2. The number of carbonyl (C=O) groups excluding carboxylic acids is 1. The first-order valence-corrected chi connectivity index (χ1v) is 4.65.